The zero-order valence-corrected chi connectivity index (χ0v) is 16.1. The van der Waals surface area contributed by atoms with Crippen LogP contribution in [0, 0.1) is 12.8 Å². The van der Waals surface area contributed by atoms with Crippen LogP contribution < -0.4 is 10.1 Å². The van der Waals surface area contributed by atoms with Gasteiger partial charge in [0.2, 0.25) is 0 Å². The summed E-state index contributed by atoms with van der Waals surface area (Å²) in [4.78, 5) is 0. The summed E-state index contributed by atoms with van der Waals surface area (Å²) in [6.45, 7) is 2.81. The predicted octanol–water partition coefficient (Wildman–Crippen LogP) is 6.40. The van der Waals surface area contributed by atoms with Crippen LogP contribution in [-0.2, 0) is 6.61 Å². The van der Waals surface area contributed by atoms with Gasteiger partial charge >= 0.3 is 0 Å². The molecule has 28 heavy (non-hydrogen) atoms. The molecular weight excluding hydrogens is 342 g/mol. The Labute approximate surface area is 166 Å². The van der Waals surface area contributed by atoms with E-state index in [1.165, 1.54) is 27.9 Å². The average Bonchev–Trinajstić information content (AvgIpc) is 3.23. The molecule has 1 N–H and O–H groups in total. The van der Waals surface area contributed by atoms with Crippen molar-refractivity contribution in [3.8, 4) is 5.75 Å². The number of rotatable bonds is 4. The molecular formula is C26H25NO. The Morgan fingerprint density at radius 2 is 1.75 bits per heavy atom. The molecule has 5 rings (SSSR count). The molecule has 2 heteroatoms. The first-order chi connectivity index (χ1) is 13.8. The zero-order chi connectivity index (χ0) is 18.9. The van der Waals surface area contributed by atoms with E-state index >= 15 is 0 Å². The molecule has 140 valence electrons. The highest BCUT2D eigenvalue weighted by molar-refractivity contribution is 5.62. The Morgan fingerprint density at radius 1 is 0.929 bits per heavy atom. The van der Waals surface area contributed by atoms with Crippen LogP contribution in [0.15, 0.2) is 84.9 Å². The van der Waals surface area contributed by atoms with Crippen molar-refractivity contribution in [1.29, 1.82) is 0 Å². The van der Waals surface area contributed by atoms with Crippen LogP contribution in [0.4, 0.5) is 5.69 Å². The molecule has 0 radical (unpaired) electrons. The van der Waals surface area contributed by atoms with Gasteiger partial charge in [0.25, 0.3) is 0 Å². The fourth-order valence-electron chi connectivity index (χ4n) is 4.65. The number of nitrogens with one attached hydrogen (secondary N) is 1. The number of hydrogen-bond donors (Lipinski definition) is 1. The van der Waals surface area contributed by atoms with E-state index in [-0.39, 0.29) is 0 Å². The van der Waals surface area contributed by atoms with Gasteiger partial charge in [-0.15, -0.1) is 0 Å². The Morgan fingerprint density at radius 3 is 2.61 bits per heavy atom. The van der Waals surface area contributed by atoms with Crippen molar-refractivity contribution < 1.29 is 4.74 Å². The molecule has 0 aromatic heterocycles. The van der Waals surface area contributed by atoms with Gasteiger partial charge in [-0.1, -0.05) is 66.7 Å². The lowest BCUT2D eigenvalue weighted by Crippen LogP contribution is -2.29. The van der Waals surface area contributed by atoms with Crippen molar-refractivity contribution in [2.24, 2.45) is 5.92 Å². The summed E-state index contributed by atoms with van der Waals surface area (Å²) in [7, 11) is 0. The molecule has 0 saturated carbocycles. The van der Waals surface area contributed by atoms with E-state index in [1.54, 1.807) is 0 Å². The van der Waals surface area contributed by atoms with E-state index in [4.69, 9.17) is 4.74 Å². The Hall–Kier alpha value is -3.00. The van der Waals surface area contributed by atoms with Crippen LogP contribution in [0.5, 0.6) is 5.75 Å². The molecule has 3 aromatic carbocycles. The van der Waals surface area contributed by atoms with Crippen LogP contribution in [0.3, 0.4) is 0 Å². The molecule has 0 amide bonds. The summed E-state index contributed by atoms with van der Waals surface area (Å²) >= 11 is 0. The van der Waals surface area contributed by atoms with Crippen molar-refractivity contribution in [1.82, 2.24) is 0 Å². The van der Waals surface area contributed by atoms with E-state index < -0.39 is 0 Å². The molecule has 3 atom stereocenters. The first-order valence-corrected chi connectivity index (χ1v) is 10.1. The topological polar surface area (TPSA) is 21.3 Å². The zero-order valence-electron chi connectivity index (χ0n) is 16.1. The first kappa shape index (κ1) is 17.1. The molecule has 2 aliphatic rings. The predicted molar refractivity (Wildman–Crippen MR) is 115 cm³/mol. The molecule has 3 unspecified atom stereocenters. The highest BCUT2D eigenvalue weighted by Crippen LogP contribution is 2.50. The van der Waals surface area contributed by atoms with Gasteiger partial charge in [-0.3, -0.25) is 0 Å². The van der Waals surface area contributed by atoms with Gasteiger partial charge in [0, 0.05) is 11.6 Å². The standard InChI is InChI=1S/C26H25NO/c1-18-8-5-6-11-21(18)26-23-13-7-12-22(23)24-16-20(14-15-25(24)27-26)28-17-19-9-3-2-4-10-19/h2-12,14-16,22-23,26-27H,13,17H2,1H3. The monoisotopic (exact) mass is 367 g/mol. The maximum absolute atomic E-state index is 6.09. The van der Waals surface area contributed by atoms with Gasteiger partial charge in [0.15, 0.2) is 0 Å². The van der Waals surface area contributed by atoms with Crippen LogP contribution in [0.25, 0.3) is 0 Å². The minimum Gasteiger partial charge on any atom is -0.489 e. The minimum atomic E-state index is 0.352. The van der Waals surface area contributed by atoms with E-state index in [0.717, 1.165) is 12.2 Å². The largest absolute Gasteiger partial charge is 0.489 e. The summed E-state index contributed by atoms with van der Waals surface area (Å²) in [6.07, 6.45) is 5.84. The lowest BCUT2D eigenvalue weighted by Gasteiger charge is -2.38. The molecule has 0 bridgehead atoms. The molecule has 0 saturated heterocycles. The second-order valence-corrected chi connectivity index (χ2v) is 7.86. The van der Waals surface area contributed by atoms with Crippen molar-refractivity contribution in [2.75, 3.05) is 5.32 Å². The summed E-state index contributed by atoms with van der Waals surface area (Å²) in [5.74, 6) is 1.94. The summed E-state index contributed by atoms with van der Waals surface area (Å²) in [5.41, 5.74) is 6.55. The molecule has 2 nitrogen and oxygen atoms in total. The molecule has 0 fully saturated rings. The van der Waals surface area contributed by atoms with Gasteiger partial charge in [-0.25, -0.2) is 0 Å². The summed E-state index contributed by atoms with van der Waals surface area (Å²) in [5, 5.41) is 3.83. The van der Waals surface area contributed by atoms with Crippen molar-refractivity contribution in [3.63, 3.8) is 0 Å². The lowest BCUT2D eigenvalue weighted by molar-refractivity contribution is 0.305. The second kappa shape index (κ2) is 7.20. The quantitative estimate of drug-likeness (QED) is 0.539. The lowest BCUT2D eigenvalue weighted by atomic mass is 9.76. The van der Waals surface area contributed by atoms with Gasteiger partial charge in [0.1, 0.15) is 12.4 Å². The van der Waals surface area contributed by atoms with Gasteiger partial charge in [-0.2, -0.15) is 0 Å². The van der Waals surface area contributed by atoms with Crippen LogP contribution >= 0.6 is 0 Å². The highest BCUT2D eigenvalue weighted by atomic mass is 16.5. The Balaban J connectivity index is 1.43. The van der Waals surface area contributed by atoms with E-state index in [1.807, 2.05) is 6.07 Å². The SMILES string of the molecule is Cc1ccccc1C1Nc2ccc(OCc3ccccc3)cc2C2C=CCC21. The molecule has 3 aromatic rings. The third-order valence-corrected chi connectivity index (χ3v) is 6.11. The van der Waals surface area contributed by atoms with Crippen molar-refractivity contribution >= 4 is 5.69 Å². The van der Waals surface area contributed by atoms with Gasteiger partial charge in [-0.05, 0) is 59.7 Å². The number of allylic oxidation sites excluding steroid dienone is 2. The number of hydrogen-bond acceptors (Lipinski definition) is 2. The fourth-order valence-corrected chi connectivity index (χ4v) is 4.65. The van der Waals surface area contributed by atoms with Gasteiger partial charge in [0.05, 0.1) is 6.04 Å². The summed E-state index contributed by atoms with van der Waals surface area (Å²) in [6, 6.07) is 25.9. The average molecular weight is 367 g/mol. The van der Waals surface area contributed by atoms with E-state index in [2.05, 4.69) is 91.1 Å². The number of ether oxygens (including phenoxy) is 1. The van der Waals surface area contributed by atoms with Crippen LogP contribution in [-0.4, -0.2) is 0 Å². The Bertz CT molecular complexity index is 1010. The smallest absolute Gasteiger partial charge is 0.120 e. The number of benzene rings is 3. The normalized spacial score (nSPS) is 22.2. The van der Waals surface area contributed by atoms with Crippen LogP contribution in [0.1, 0.15) is 40.6 Å². The maximum atomic E-state index is 6.09. The highest BCUT2D eigenvalue weighted by Gasteiger charge is 2.38. The Kier molecular flexibility index (Phi) is 4.40. The molecule has 1 heterocycles. The van der Waals surface area contributed by atoms with E-state index in [9.17, 15) is 0 Å². The van der Waals surface area contributed by atoms with Crippen molar-refractivity contribution in [3.05, 3.63) is 107 Å². The third-order valence-electron chi connectivity index (χ3n) is 6.11. The fraction of sp³-hybridized carbons (Fsp3) is 0.231. The molecule has 1 aliphatic carbocycles. The molecule has 0 spiro atoms. The first-order valence-electron chi connectivity index (χ1n) is 10.1. The van der Waals surface area contributed by atoms with Gasteiger partial charge < -0.3 is 10.1 Å². The van der Waals surface area contributed by atoms with Crippen LogP contribution in [0.2, 0.25) is 0 Å². The minimum absolute atomic E-state index is 0.352. The third kappa shape index (κ3) is 3.09. The second-order valence-electron chi connectivity index (χ2n) is 7.86. The molecule has 1 aliphatic heterocycles. The number of fused-ring (bicyclic) bond motifs is 3. The maximum Gasteiger partial charge on any atom is 0.120 e. The van der Waals surface area contributed by atoms with Crippen molar-refractivity contribution in [2.45, 2.75) is 31.9 Å². The van der Waals surface area contributed by atoms with E-state index in [0.29, 0.717) is 24.5 Å². The number of anilines is 1. The number of aryl methyl sites for hydroxylation is 1. The summed E-state index contributed by atoms with van der Waals surface area (Å²) < 4.78 is 6.09.